The second kappa shape index (κ2) is 5.47. The second-order valence-corrected chi connectivity index (χ2v) is 8.37. The third-order valence-electron chi connectivity index (χ3n) is 6.98. The molecule has 2 heterocycles. The monoisotopic (exact) mass is 374 g/mol. The minimum absolute atomic E-state index is 0.126. The highest BCUT2D eigenvalue weighted by Crippen LogP contribution is 2.55. The van der Waals surface area contributed by atoms with Gasteiger partial charge in [-0.05, 0) is 29.1 Å². The van der Waals surface area contributed by atoms with E-state index >= 15 is 0 Å². The Labute approximate surface area is 163 Å². The van der Waals surface area contributed by atoms with E-state index in [1.54, 1.807) is 12.1 Å². The highest BCUT2D eigenvalue weighted by atomic mass is 16.6. The molecule has 0 saturated carbocycles. The predicted molar refractivity (Wildman–Crippen MR) is 110 cm³/mol. The molecule has 0 saturated heterocycles. The van der Waals surface area contributed by atoms with Crippen LogP contribution in [0.15, 0.2) is 54.6 Å². The Kier molecular flexibility index (Phi) is 3.33. The molecule has 0 fully saturated rings. The van der Waals surface area contributed by atoms with Gasteiger partial charge in [-0.15, -0.1) is 0 Å². The zero-order valence-corrected chi connectivity index (χ0v) is 16.2. The van der Waals surface area contributed by atoms with Crippen LogP contribution in [-0.2, 0) is 11.8 Å². The molecule has 1 atom stereocenters. The Hall–Kier alpha value is -3.08. The van der Waals surface area contributed by atoms with Crippen LogP contribution in [0.3, 0.4) is 0 Å². The van der Waals surface area contributed by atoms with Crippen molar-refractivity contribution < 1.29 is 9.66 Å². The lowest BCUT2D eigenvalue weighted by Gasteiger charge is -2.49. The number of hydrogen-bond acceptors (Lipinski definition) is 4. The first kappa shape index (κ1) is 17.0. The molecule has 0 amide bonds. The van der Waals surface area contributed by atoms with Crippen LogP contribution in [0.5, 0.6) is 5.75 Å². The summed E-state index contributed by atoms with van der Waals surface area (Å²) in [7, 11) is 2.13. The van der Waals surface area contributed by atoms with E-state index in [2.05, 4.69) is 50.1 Å². The molecule has 1 unspecified atom stereocenters. The van der Waals surface area contributed by atoms with Crippen LogP contribution in [0.1, 0.15) is 25.0 Å². The molecule has 0 radical (unpaired) electrons. The first-order chi connectivity index (χ1) is 13.4. The number of benzene rings is 3. The Morgan fingerprint density at radius 1 is 1.04 bits per heavy atom. The summed E-state index contributed by atoms with van der Waals surface area (Å²) in [6.45, 7) is 5.13. The molecule has 5 rings (SSSR count). The SMILES string of the molecule is CN1c2ccccc2C(C)(C)C12COc1ccc3c([N+](=O)[O-])cccc3c1C2. The minimum Gasteiger partial charge on any atom is -0.491 e. The van der Waals surface area contributed by atoms with Gasteiger partial charge >= 0.3 is 0 Å². The molecular weight excluding hydrogens is 352 g/mol. The number of hydrogen-bond donors (Lipinski definition) is 0. The number of rotatable bonds is 1. The second-order valence-electron chi connectivity index (χ2n) is 8.37. The van der Waals surface area contributed by atoms with E-state index in [0.29, 0.717) is 12.0 Å². The van der Waals surface area contributed by atoms with Gasteiger partial charge in [-0.2, -0.15) is 0 Å². The van der Waals surface area contributed by atoms with Crippen molar-refractivity contribution in [3.63, 3.8) is 0 Å². The molecule has 2 aliphatic heterocycles. The zero-order valence-electron chi connectivity index (χ0n) is 16.2. The fourth-order valence-electron chi connectivity index (χ4n) is 5.21. The molecule has 0 bridgehead atoms. The molecule has 0 N–H and O–H groups in total. The minimum atomic E-state index is -0.310. The number of nitro benzene ring substituents is 1. The lowest BCUT2D eigenvalue weighted by molar-refractivity contribution is -0.383. The average molecular weight is 374 g/mol. The molecule has 28 heavy (non-hydrogen) atoms. The van der Waals surface area contributed by atoms with E-state index in [4.69, 9.17) is 4.74 Å². The fraction of sp³-hybridized carbons (Fsp3) is 0.304. The highest BCUT2D eigenvalue weighted by molar-refractivity contribution is 5.95. The summed E-state index contributed by atoms with van der Waals surface area (Å²) in [5.41, 5.74) is 3.37. The van der Waals surface area contributed by atoms with Crippen molar-refractivity contribution in [1.82, 2.24) is 0 Å². The normalized spacial score (nSPS) is 22.0. The fourth-order valence-corrected chi connectivity index (χ4v) is 5.21. The number of fused-ring (bicyclic) bond motifs is 4. The van der Waals surface area contributed by atoms with Gasteiger partial charge < -0.3 is 9.64 Å². The Morgan fingerprint density at radius 2 is 1.82 bits per heavy atom. The highest BCUT2D eigenvalue weighted by Gasteiger charge is 2.57. The molecule has 1 spiro atoms. The van der Waals surface area contributed by atoms with E-state index in [-0.39, 0.29) is 21.6 Å². The van der Waals surface area contributed by atoms with Crippen molar-refractivity contribution >= 4 is 22.1 Å². The number of likely N-dealkylation sites (N-methyl/N-ethyl adjacent to an activating group) is 1. The van der Waals surface area contributed by atoms with Crippen molar-refractivity contribution in [2.75, 3.05) is 18.6 Å². The summed E-state index contributed by atoms with van der Waals surface area (Å²) in [4.78, 5) is 13.5. The third-order valence-corrected chi connectivity index (χ3v) is 6.98. The van der Waals surface area contributed by atoms with Crippen LogP contribution in [0.25, 0.3) is 10.8 Å². The van der Waals surface area contributed by atoms with E-state index < -0.39 is 0 Å². The van der Waals surface area contributed by atoms with E-state index in [9.17, 15) is 10.1 Å². The van der Waals surface area contributed by atoms with Crippen molar-refractivity contribution in [1.29, 1.82) is 0 Å². The largest absolute Gasteiger partial charge is 0.491 e. The van der Waals surface area contributed by atoms with Gasteiger partial charge in [0.15, 0.2) is 0 Å². The van der Waals surface area contributed by atoms with Crippen molar-refractivity contribution in [3.8, 4) is 5.75 Å². The van der Waals surface area contributed by atoms with Gasteiger partial charge in [-0.3, -0.25) is 10.1 Å². The van der Waals surface area contributed by atoms with Crippen LogP contribution in [0, 0.1) is 10.1 Å². The summed E-state index contributed by atoms with van der Waals surface area (Å²) in [5.74, 6) is 0.832. The van der Waals surface area contributed by atoms with Gasteiger partial charge in [0.2, 0.25) is 0 Å². The standard InChI is InChI=1S/C23H22N2O3/c1-22(2)18-8-4-5-9-20(18)24(3)23(22)13-17-15-7-6-10-19(25(26)27)16(15)11-12-21(17)28-14-23/h4-12H,13-14H2,1-3H3. The summed E-state index contributed by atoms with van der Waals surface area (Å²) >= 11 is 0. The van der Waals surface area contributed by atoms with Crippen LogP contribution < -0.4 is 9.64 Å². The maximum atomic E-state index is 11.5. The quantitative estimate of drug-likeness (QED) is 0.451. The molecule has 3 aromatic carbocycles. The van der Waals surface area contributed by atoms with Crippen LogP contribution in [0.2, 0.25) is 0 Å². The summed E-state index contributed by atoms with van der Waals surface area (Å²) in [6.07, 6.45) is 0.777. The number of anilines is 1. The molecule has 0 aliphatic carbocycles. The molecule has 5 nitrogen and oxygen atoms in total. The molecular formula is C23H22N2O3. The van der Waals surface area contributed by atoms with Gasteiger partial charge in [0, 0.05) is 36.2 Å². The molecule has 0 aromatic heterocycles. The first-order valence-corrected chi connectivity index (χ1v) is 9.52. The molecule has 5 heteroatoms. The predicted octanol–water partition coefficient (Wildman–Crippen LogP) is 4.85. The van der Waals surface area contributed by atoms with Gasteiger partial charge in [-0.25, -0.2) is 0 Å². The lowest BCUT2D eigenvalue weighted by atomic mass is 9.66. The van der Waals surface area contributed by atoms with E-state index in [1.165, 1.54) is 11.3 Å². The van der Waals surface area contributed by atoms with Gasteiger partial charge in [-0.1, -0.05) is 44.2 Å². The number of para-hydroxylation sites is 1. The lowest BCUT2D eigenvalue weighted by Crippen LogP contribution is -2.61. The Bertz CT molecular complexity index is 1140. The molecule has 3 aromatic rings. The van der Waals surface area contributed by atoms with Crippen LogP contribution in [0.4, 0.5) is 11.4 Å². The van der Waals surface area contributed by atoms with Gasteiger partial charge in [0.1, 0.15) is 12.4 Å². The Balaban J connectivity index is 1.72. The van der Waals surface area contributed by atoms with E-state index in [0.717, 1.165) is 23.1 Å². The average Bonchev–Trinajstić information content (AvgIpc) is 2.86. The smallest absolute Gasteiger partial charge is 0.277 e. The number of nitro groups is 1. The summed E-state index contributed by atoms with van der Waals surface area (Å²) in [5, 5.41) is 13.1. The number of non-ortho nitro benzene ring substituents is 1. The molecule has 2 aliphatic rings. The topological polar surface area (TPSA) is 55.6 Å². The first-order valence-electron chi connectivity index (χ1n) is 9.52. The van der Waals surface area contributed by atoms with E-state index in [1.807, 2.05) is 18.2 Å². The molecule has 142 valence electrons. The summed E-state index contributed by atoms with van der Waals surface area (Å²) < 4.78 is 6.30. The zero-order chi connectivity index (χ0) is 19.7. The maximum Gasteiger partial charge on any atom is 0.277 e. The van der Waals surface area contributed by atoms with Crippen LogP contribution >= 0.6 is 0 Å². The van der Waals surface area contributed by atoms with Crippen molar-refractivity contribution in [2.24, 2.45) is 0 Å². The maximum absolute atomic E-state index is 11.5. The number of ether oxygens (including phenoxy) is 1. The Morgan fingerprint density at radius 3 is 2.57 bits per heavy atom. The van der Waals surface area contributed by atoms with Crippen molar-refractivity contribution in [3.05, 3.63) is 75.8 Å². The number of nitrogens with zero attached hydrogens (tertiary/aromatic N) is 2. The van der Waals surface area contributed by atoms with Crippen LogP contribution in [-0.4, -0.2) is 24.1 Å². The van der Waals surface area contributed by atoms with Crippen molar-refractivity contribution in [2.45, 2.75) is 31.2 Å². The van der Waals surface area contributed by atoms with Gasteiger partial charge in [0.05, 0.1) is 15.8 Å². The summed E-state index contributed by atoms with van der Waals surface area (Å²) in [6, 6.07) is 17.5. The van der Waals surface area contributed by atoms with Gasteiger partial charge in [0.25, 0.3) is 5.69 Å². The third kappa shape index (κ3) is 1.96.